The highest BCUT2D eigenvalue weighted by molar-refractivity contribution is 9.10. The number of hydrogen-bond acceptors (Lipinski definition) is 4. The van der Waals surface area contributed by atoms with Crippen molar-refractivity contribution in [1.29, 1.82) is 0 Å². The molecule has 0 amide bonds. The highest BCUT2D eigenvalue weighted by Crippen LogP contribution is 2.22. The number of pyridine rings is 1. The van der Waals surface area contributed by atoms with Crippen LogP contribution in [0.1, 0.15) is 17.4 Å². The number of carbonyl (C=O) groups is 1. The van der Waals surface area contributed by atoms with Crippen molar-refractivity contribution in [3.05, 3.63) is 22.4 Å². The molecule has 76 valence electrons. The average Bonchev–Trinajstić information content (AvgIpc) is 2.18. The zero-order valence-corrected chi connectivity index (χ0v) is 9.50. The van der Waals surface area contributed by atoms with Crippen LogP contribution in [0.2, 0.25) is 0 Å². The van der Waals surface area contributed by atoms with Gasteiger partial charge in [0.25, 0.3) is 0 Å². The zero-order valence-electron chi connectivity index (χ0n) is 7.91. The number of esters is 1. The van der Waals surface area contributed by atoms with Crippen molar-refractivity contribution in [2.45, 2.75) is 6.92 Å². The maximum atomic E-state index is 11.3. The van der Waals surface area contributed by atoms with Crippen molar-refractivity contribution in [3.63, 3.8) is 0 Å². The first-order valence-electron chi connectivity index (χ1n) is 4.06. The molecular weight excluding hydrogens is 250 g/mol. The van der Waals surface area contributed by atoms with Crippen LogP contribution in [0, 0.1) is 0 Å². The van der Waals surface area contributed by atoms with Crippen molar-refractivity contribution in [1.82, 2.24) is 4.98 Å². The molecule has 1 aromatic heterocycles. The molecule has 1 rings (SSSR count). The van der Waals surface area contributed by atoms with E-state index in [1.807, 2.05) is 0 Å². The predicted molar refractivity (Wildman–Crippen MR) is 54.4 cm³/mol. The lowest BCUT2D eigenvalue weighted by Crippen LogP contribution is -2.07. The number of ether oxygens (including phenoxy) is 2. The molecule has 0 atom stereocenters. The van der Waals surface area contributed by atoms with Crippen LogP contribution in [0.5, 0.6) is 5.75 Å². The Labute approximate surface area is 90.4 Å². The van der Waals surface area contributed by atoms with E-state index in [0.29, 0.717) is 17.0 Å². The lowest BCUT2D eigenvalue weighted by molar-refractivity contribution is 0.0519. The average molecular weight is 260 g/mol. The topological polar surface area (TPSA) is 48.4 Å². The van der Waals surface area contributed by atoms with Crippen LogP contribution in [0.3, 0.4) is 0 Å². The van der Waals surface area contributed by atoms with Crippen molar-refractivity contribution >= 4 is 21.9 Å². The third-order valence-corrected chi connectivity index (χ3v) is 2.09. The van der Waals surface area contributed by atoms with Gasteiger partial charge in [-0.3, -0.25) is 0 Å². The zero-order chi connectivity index (χ0) is 10.6. The second kappa shape index (κ2) is 4.95. The van der Waals surface area contributed by atoms with Gasteiger partial charge >= 0.3 is 5.97 Å². The molecule has 0 N–H and O–H groups in total. The summed E-state index contributed by atoms with van der Waals surface area (Å²) in [5, 5.41) is 0. The van der Waals surface area contributed by atoms with E-state index in [2.05, 4.69) is 20.9 Å². The van der Waals surface area contributed by atoms with Gasteiger partial charge in [-0.1, -0.05) is 0 Å². The summed E-state index contributed by atoms with van der Waals surface area (Å²) in [6, 6.07) is 3.21. The molecule has 0 bridgehead atoms. The van der Waals surface area contributed by atoms with Gasteiger partial charge in [-0.05, 0) is 35.0 Å². The fourth-order valence-electron chi connectivity index (χ4n) is 0.892. The number of aromatic nitrogens is 1. The fourth-order valence-corrected chi connectivity index (χ4v) is 1.38. The first-order valence-corrected chi connectivity index (χ1v) is 4.86. The normalized spacial score (nSPS) is 9.64. The highest BCUT2D eigenvalue weighted by atomic mass is 79.9. The van der Waals surface area contributed by atoms with Gasteiger partial charge in [0.2, 0.25) is 0 Å². The Morgan fingerprint density at radius 3 is 2.79 bits per heavy atom. The van der Waals surface area contributed by atoms with Gasteiger partial charge in [0.05, 0.1) is 13.7 Å². The molecule has 0 fully saturated rings. The fraction of sp³-hybridized carbons (Fsp3) is 0.333. The van der Waals surface area contributed by atoms with Crippen LogP contribution >= 0.6 is 15.9 Å². The second-order valence-electron chi connectivity index (χ2n) is 2.41. The molecule has 4 nitrogen and oxygen atoms in total. The van der Waals surface area contributed by atoms with E-state index in [1.54, 1.807) is 19.1 Å². The van der Waals surface area contributed by atoms with E-state index in [4.69, 9.17) is 9.47 Å². The van der Waals surface area contributed by atoms with Gasteiger partial charge in [-0.15, -0.1) is 0 Å². The molecule has 0 aliphatic heterocycles. The SMILES string of the molecule is CCOC(=O)c1ccc(OC)c(Br)n1. The minimum absolute atomic E-state index is 0.263. The first-order chi connectivity index (χ1) is 6.69. The molecule has 0 spiro atoms. The molecule has 14 heavy (non-hydrogen) atoms. The Morgan fingerprint density at radius 2 is 2.29 bits per heavy atom. The number of methoxy groups -OCH3 is 1. The third kappa shape index (κ3) is 2.45. The van der Waals surface area contributed by atoms with Crippen LogP contribution in [0.25, 0.3) is 0 Å². The van der Waals surface area contributed by atoms with Gasteiger partial charge in [0.15, 0.2) is 5.75 Å². The molecule has 0 radical (unpaired) electrons. The third-order valence-electron chi connectivity index (χ3n) is 1.52. The summed E-state index contributed by atoms with van der Waals surface area (Å²) in [5.41, 5.74) is 0.263. The Hall–Kier alpha value is -1.10. The Kier molecular flexibility index (Phi) is 3.88. The maximum Gasteiger partial charge on any atom is 0.356 e. The molecule has 0 aliphatic carbocycles. The highest BCUT2D eigenvalue weighted by Gasteiger charge is 2.10. The molecule has 1 aromatic rings. The summed E-state index contributed by atoms with van der Waals surface area (Å²) < 4.78 is 10.3. The van der Waals surface area contributed by atoms with E-state index < -0.39 is 5.97 Å². The Bertz CT molecular complexity index is 341. The molecule has 0 saturated heterocycles. The van der Waals surface area contributed by atoms with E-state index in [0.717, 1.165) is 0 Å². The second-order valence-corrected chi connectivity index (χ2v) is 3.16. The lowest BCUT2D eigenvalue weighted by Gasteiger charge is -2.04. The van der Waals surface area contributed by atoms with Crippen molar-refractivity contribution < 1.29 is 14.3 Å². The summed E-state index contributed by atoms with van der Waals surface area (Å²) in [7, 11) is 1.53. The van der Waals surface area contributed by atoms with Gasteiger partial charge in [-0.2, -0.15) is 0 Å². The van der Waals surface area contributed by atoms with Crippen LogP contribution in [0.4, 0.5) is 0 Å². The lowest BCUT2D eigenvalue weighted by atomic mass is 10.3. The molecule has 0 aliphatic rings. The van der Waals surface area contributed by atoms with Crippen molar-refractivity contribution in [3.8, 4) is 5.75 Å². The first kappa shape index (κ1) is 11.0. The van der Waals surface area contributed by atoms with Crippen molar-refractivity contribution in [2.24, 2.45) is 0 Å². The summed E-state index contributed by atoms with van der Waals surface area (Å²) in [4.78, 5) is 15.2. The quantitative estimate of drug-likeness (QED) is 0.616. The summed E-state index contributed by atoms with van der Waals surface area (Å²) in [5.74, 6) is 0.147. The molecular formula is C9H10BrNO3. The van der Waals surface area contributed by atoms with Crippen molar-refractivity contribution in [2.75, 3.05) is 13.7 Å². The summed E-state index contributed by atoms with van der Waals surface area (Å²) in [6.07, 6.45) is 0. The largest absolute Gasteiger partial charge is 0.494 e. The van der Waals surface area contributed by atoms with E-state index >= 15 is 0 Å². The minimum atomic E-state index is -0.434. The number of carbonyl (C=O) groups excluding carboxylic acids is 1. The maximum absolute atomic E-state index is 11.3. The molecule has 0 unspecified atom stereocenters. The molecule has 1 heterocycles. The Morgan fingerprint density at radius 1 is 1.57 bits per heavy atom. The van der Waals surface area contributed by atoms with Gasteiger partial charge in [-0.25, -0.2) is 9.78 Å². The monoisotopic (exact) mass is 259 g/mol. The number of rotatable bonds is 3. The van der Waals surface area contributed by atoms with Crippen LogP contribution < -0.4 is 4.74 Å². The van der Waals surface area contributed by atoms with Crippen LogP contribution in [0.15, 0.2) is 16.7 Å². The van der Waals surface area contributed by atoms with E-state index in [-0.39, 0.29) is 5.69 Å². The van der Waals surface area contributed by atoms with Gasteiger partial charge in [0.1, 0.15) is 10.3 Å². The summed E-state index contributed by atoms with van der Waals surface area (Å²) in [6.45, 7) is 2.08. The molecule has 0 saturated carbocycles. The number of halogens is 1. The van der Waals surface area contributed by atoms with E-state index in [9.17, 15) is 4.79 Å². The summed E-state index contributed by atoms with van der Waals surface area (Å²) >= 11 is 3.18. The Balaban J connectivity index is 2.91. The number of nitrogens with zero attached hydrogens (tertiary/aromatic N) is 1. The number of hydrogen-bond donors (Lipinski definition) is 0. The van der Waals surface area contributed by atoms with Gasteiger partial charge < -0.3 is 9.47 Å². The standard InChI is InChI=1S/C9H10BrNO3/c1-3-14-9(12)6-4-5-7(13-2)8(10)11-6/h4-5H,3H2,1-2H3. The van der Waals surface area contributed by atoms with E-state index in [1.165, 1.54) is 7.11 Å². The molecule has 0 aromatic carbocycles. The van der Waals surface area contributed by atoms with Crippen LogP contribution in [-0.2, 0) is 4.74 Å². The molecule has 5 heteroatoms. The van der Waals surface area contributed by atoms with Gasteiger partial charge in [0, 0.05) is 0 Å². The minimum Gasteiger partial charge on any atom is -0.494 e. The predicted octanol–water partition coefficient (Wildman–Crippen LogP) is 2.03. The smallest absolute Gasteiger partial charge is 0.356 e. The van der Waals surface area contributed by atoms with Crippen LogP contribution in [-0.4, -0.2) is 24.7 Å².